The Labute approximate surface area is 217 Å². The van der Waals surface area contributed by atoms with Crippen molar-refractivity contribution in [3.8, 4) is 0 Å². The number of halogens is 1. The third-order valence-corrected chi connectivity index (χ3v) is 9.61. The Morgan fingerprint density at radius 3 is 2.58 bits per heavy atom. The summed E-state index contributed by atoms with van der Waals surface area (Å²) < 4.78 is 31.7. The quantitative estimate of drug-likeness (QED) is 0.418. The van der Waals surface area contributed by atoms with E-state index < -0.39 is 10.0 Å². The Kier molecular flexibility index (Phi) is 6.60. The van der Waals surface area contributed by atoms with Gasteiger partial charge in [0.1, 0.15) is 0 Å². The topological polar surface area (TPSA) is 99.6 Å². The van der Waals surface area contributed by atoms with Gasteiger partial charge in [-0.2, -0.15) is 5.10 Å². The minimum Gasteiger partial charge on any atom is -0.368 e. The molecule has 2 aromatic rings. The molecule has 1 aliphatic carbocycles. The van der Waals surface area contributed by atoms with E-state index in [9.17, 15) is 13.2 Å². The number of sulfonamides is 1. The van der Waals surface area contributed by atoms with Crippen LogP contribution < -0.4 is 14.9 Å². The zero-order chi connectivity index (χ0) is 25.8. The van der Waals surface area contributed by atoms with Crippen LogP contribution in [0.3, 0.4) is 0 Å². The molecule has 0 bridgehead atoms. The third kappa shape index (κ3) is 4.76. The Morgan fingerprint density at radius 1 is 1.28 bits per heavy atom. The van der Waals surface area contributed by atoms with Crippen LogP contribution in [-0.4, -0.2) is 78.2 Å². The Morgan fingerprint density at radius 2 is 1.97 bits per heavy atom. The molecule has 3 fully saturated rings. The van der Waals surface area contributed by atoms with E-state index in [1.165, 1.54) is 6.08 Å². The van der Waals surface area contributed by atoms with Crippen molar-refractivity contribution in [1.82, 2.24) is 24.7 Å². The van der Waals surface area contributed by atoms with Crippen LogP contribution in [0.5, 0.6) is 0 Å². The molecule has 36 heavy (non-hydrogen) atoms. The van der Waals surface area contributed by atoms with Gasteiger partial charge in [-0.1, -0.05) is 6.58 Å². The van der Waals surface area contributed by atoms with Gasteiger partial charge in [-0.25, -0.2) is 13.1 Å². The molecular formula is C25H35ClN6O3S. The standard InChI is InChI=1S/C25H35ClN6O3S/c1-5-24(33)31-15-19(8-18(31)11-26)32-23-10-20(36(34,35)29-25(4)6-7-25)9-22(21(23)12-27-32)30-13-16(2)28-17(3)14-30/h5,9-10,12,16-19,28-29H,1,6-8,11,13-15H2,2-4H3/t16-,17-,18-,19+/m0/s1. The van der Waals surface area contributed by atoms with Gasteiger partial charge in [-0.3, -0.25) is 9.48 Å². The van der Waals surface area contributed by atoms with Crippen LogP contribution >= 0.6 is 11.6 Å². The normalized spacial score (nSPS) is 28.0. The summed E-state index contributed by atoms with van der Waals surface area (Å²) in [6, 6.07) is 3.80. The summed E-state index contributed by atoms with van der Waals surface area (Å²) in [6.45, 7) is 11.8. The molecule has 9 nitrogen and oxygen atoms in total. The number of hydrogen-bond acceptors (Lipinski definition) is 6. The number of fused-ring (bicyclic) bond motifs is 1. The first-order valence-corrected chi connectivity index (χ1v) is 14.6. The molecule has 3 heterocycles. The number of alkyl halides is 1. The first kappa shape index (κ1) is 25.5. The van der Waals surface area contributed by atoms with E-state index in [1.54, 1.807) is 17.0 Å². The number of likely N-dealkylation sites (tertiary alicyclic amines) is 1. The van der Waals surface area contributed by atoms with Gasteiger partial charge < -0.3 is 15.1 Å². The van der Waals surface area contributed by atoms with Crippen molar-refractivity contribution in [3.05, 3.63) is 31.0 Å². The van der Waals surface area contributed by atoms with Crippen LogP contribution in [0, 0.1) is 0 Å². The van der Waals surface area contributed by atoms with Gasteiger partial charge in [-0.05, 0) is 58.2 Å². The van der Waals surface area contributed by atoms with Crippen molar-refractivity contribution in [2.75, 3.05) is 30.4 Å². The number of rotatable bonds is 7. The molecule has 2 N–H and O–H groups in total. The third-order valence-electron chi connectivity index (χ3n) is 7.63. The number of piperazine rings is 1. The van der Waals surface area contributed by atoms with Crippen LogP contribution in [0.25, 0.3) is 10.9 Å². The molecule has 4 atom stereocenters. The van der Waals surface area contributed by atoms with Gasteiger partial charge in [0.15, 0.2) is 0 Å². The van der Waals surface area contributed by atoms with E-state index in [0.29, 0.717) is 18.8 Å². The zero-order valence-corrected chi connectivity index (χ0v) is 22.6. The first-order chi connectivity index (χ1) is 17.0. The molecule has 3 aliphatic rings. The van der Waals surface area contributed by atoms with Crippen LogP contribution in [0.15, 0.2) is 35.9 Å². The summed E-state index contributed by atoms with van der Waals surface area (Å²) in [7, 11) is -3.73. The lowest BCUT2D eigenvalue weighted by atomic mass is 10.1. The highest BCUT2D eigenvalue weighted by Crippen LogP contribution is 2.39. The molecule has 196 valence electrons. The Balaban J connectivity index is 1.60. The summed E-state index contributed by atoms with van der Waals surface area (Å²) in [5.41, 5.74) is 1.24. The van der Waals surface area contributed by atoms with Gasteiger partial charge in [-0.15, -0.1) is 11.6 Å². The highest BCUT2D eigenvalue weighted by atomic mass is 35.5. The van der Waals surface area contributed by atoms with E-state index in [-0.39, 0.29) is 40.5 Å². The second-order valence-corrected chi connectivity index (χ2v) is 12.9. The van der Waals surface area contributed by atoms with E-state index in [2.05, 4.69) is 35.4 Å². The zero-order valence-electron chi connectivity index (χ0n) is 21.1. The fraction of sp³-hybridized carbons (Fsp3) is 0.600. The summed E-state index contributed by atoms with van der Waals surface area (Å²) in [6.07, 6.45) is 5.44. The number of hydrogen-bond donors (Lipinski definition) is 2. The van der Waals surface area contributed by atoms with E-state index in [4.69, 9.17) is 16.7 Å². The molecule has 1 aromatic heterocycles. The largest absolute Gasteiger partial charge is 0.368 e. The van der Waals surface area contributed by atoms with Crippen LogP contribution in [0.2, 0.25) is 0 Å². The predicted molar refractivity (Wildman–Crippen MR) is 142 cm³/mol. The van der Waals surface area contributed by atoms with Gasteiger partial charge in [0.05, 0.1) is 22.7 Å². The van der Waals surface area contributed by atoms with Crippen molar-refractivity contribution in [3.63, 3.8) is 0 Å². The number of aromatic nitrogens is 2. The molecular weight excluding hydrogens is 500 g/mol. The molecule has 0 unspecified atom stereocenters. The SMILES string of the molecule is C=CC(=O)N1C[C@H](n2ncc3c(N4C[C@H](C)N[C@@H](C)C4)cc(S(=O)(=O)NC4(C)CC4)cc32)C[C@H]1CCl. The van der Waals surface area contributed by atoms with Gasteiger partial charge in [0.2, 0.25) is 15.9 Å². The maximum Gasteiger partial charge on any atom is 0.246 e. The molecule has 2 saturated heterocycles. The molecule has 1 saturated carbocycles. The van der Waals surface area contributed by atoms with Gasteiger partial charge in [0.25, 0.3) is 0 Å². The first-order valence-electron chi connectivity index (χ1n) is 12.6. The maximum atomic E-state index is 13.5. The number of carbonyl (C=O) groups excluding carboxylic acids is 1. The van der Waals surface area contributed by atoms with Crippen molar-refractivity contribution in [1.29, 1.82) is 0 Å². The van der Waals surface area contributed by atoms with Crippen LogP contribution in [-0.2, 0) is 14.8 Å². The Hall–Kier alpha value is -2.14. The fourth-order valence-corrected chi connectivity index (χ4v) is 7.41. The van der Waals surface area contributed by atoms with Gasteiger partial charge >= 0.3 is 0 Å². The van der Waals surface area contributed by atoms with Crippen molar-refractivity contribution in [2.24, 2.45) is 0 Å². The molecule has 11 heteroatoms. The Bertz CT molecular complexity index is 1280. The second-order valence-electron chi connectivity index (χ2n) is 10.9. The minimum atomic E-state index is -3.73. The van der Waals surface area contributed by atoms with Crippen molar-refractivity contribution >= 4 is 44.1 Å². The highest BCUT2D eigenvalue weighted by Gasteiger charge is 2.42. The molecule has 0 spiro atoms. The molecule has 1 amide bonds. The van der Waals surface area contributed by atoms with Crippen LogP contribution in [0.4, 0.5) is 5.69 Å². The van der Waals surface area contributed by atoms with Crippen molar-refractivity contribution < 1.29 is 13.2 Å². The molecule has 2 aliphatic heterocycles. The number of carbonyl (C=O) groups is 1. The smallest absolute Gasteiger partial charge is 0.246 e. The van der Waals surface area contributed by atoms with Crippen LogP contribution in [0.1, 0.15) is 46.1 Å². The highest BCUT2D eigenvalue weighted by molar-refractivity contribution is 7.89. The number of amides is 1. The lowest BCUT2D eigenvalue weighted by Gasteiger charge is -2.38. The van der Waals surface area contributed by atoms with E-state index in [0.717, 1.165) is 42.5 Å². The average molecular weight is 535 g/mol. The summed E-state index contributed by atoms with van der Waals surface area (Å²) >= 11 is 6.20. The van der Waals surface area contributed by atoms with E-state index >= 15 is 0 Å². The van der Waals surface area contributed by atoms with E-state index in [1.807, 2.05) is 17.8 Å². The lowest BCUT2D eigenvalue weighted by Crippen LogP contribution is -2.54. The molecule has 5 rings (SSSR count). The fourth-order valence-electron chi connectivity index (χ4n) is 5.61. The number of nitrogens with zero attached hydrogens (tertiary/aromatic N) is 4. The summed E-state index contributed by atoms with van der Waals surface area (Å²) in [5.74, 6) is 0.161. The monoisotopic (exact) mass is 534 g/mol. The average Bonchev–Trinajstić information content (AvgIpc) is 3.22. The minimum absolute atomic E-state index is 0.115. The lowest BCUT2D eigenvalue weighted by molar-refractivity contribution is -0.126. The second kappa shape index (κ2) is 9.31. The van der Waals surface area contributed by atoms with Crippen molar-refractivity contribution in [2.45, 2.75) is 74.6 Å². The number of anilines is 1. The van der Waals surface area contributed by atoms with Gasteiger partial charge in [0, 0.05) is 60.3 Å². The molecule has 0 radical (unpaired) electrons. The maximum absolute atomic E-state index is 13.5. The predicted octanol–water partition coefficient (Wildman–Crippen LogP) is 2.62. The summed E-state index contributed by atoms with van der Waals surface area (Å²) in [5, 5.41) is 9.17. The molecule has 1 aromatic carbocycles. The number of nitrogens with one attached hydrogen (secondary N) is 2. The summed E-state index contributed by atoms with van der Waals surface area (Å²) in [4.78, 5) is 16.7. The number of benzene rings is 1.